The number of hydrogen-bond acceptors (Lipinski definition) is 3. The van der Waals surface area contributed by atoms with Gasteiger partial charge >= 0.3 is 0 Å². The molecule has 0 bridgehead atoms. The van der Waals surface area contributed by atoms with Gasteiger partial charge in [0, 0.05) is 13.2 Å². The lowest BCUT2D eigenvalue weighted by Crippen LogP contribution is -2.38. The molecule has 1 rings (SSSR count). The molecule has 1 aromatic carbocycles. The average molecular weight is 294 g/mol. The molecule has 5 nitrogen and oxygen atoms in total. The monoisotopic (exact) mass is 294 g/mol. The highest BCUT2D eigenvalue weighted by Gasteiger charge is 2.20. The highest BCUT2D eigenvalue weighted by Crippen LogP contribution is 2.23. The van der Waals surface area contributed by atoms with E-state index in [-0.39, 0.29) is 18.6 Å². The summed E-state index contributed by atoms with van der Waals surface area (Å²) in [4.78, 5) is 3.89. The SMILES string of the molecule is COCC(C)N=C(NN)Nc1c(F)c(F)cc(F)c1F. The Balaban J connectivity index is 3.07. The minimum Gasteiger partial charge on any atom is -0.382 e. The Bertz CT molecular complexity index is 483. The lowest BCUT2D eigenvalue weighted by molar-refractivity contribution is 0.185. The molecule has 4 N–H and O–H groups in total. The number of benzene rings is 1. The number of hydrazine groups is 1. The van der Waals surface area contributed by atoms with Gasteiger partial charge in [0.05, 0.1) is 12.6 Å². The van der Waals surface area contributed by atoms with E-state index in [4.69, 9.17) is 10.6 Å². The molecule has 0 aromatic heterocycles. The van der Waals surface area contributed by atoms with Gasteiger partial charge < -0.3 is 10.1 Å². The van der Waals surface area contributed by atoms with E-state index in [2.05, 4.69) is 10.3 Å². The van der Waals surface area contributed by atoms with Crippen LogP contribution in [0.5, 0.6) is 0 Å². The maximum Gasteiger partial charge on any atom is 0.210 e. The average Bonchev–Trinajstić information content (AvgIpc) is 2.40. The molecule has 0 aliphatic rings. The van der Waals surface area contributed by atoms with Crippen molar-refractivity contribution in [2.75, 3.05) is 19.0 Å². The fourth-order valence-corrected chi connectivity index (χ4v) is 1.41. The molecule has 1 atom stereocenters. The van der Waals surface area contributed by atoms with Crippen LogP contribution in [-0.2, 0) is 4.74 Å². The van der Waals surface area contributed by atoms with Gasteiger partial charge in [0.25, 0.3) is 0 Å². The van der Waals surface area contributed by atoms with Crippen LogP contribution in [0.15, 0.2) is 11.1 Å². The minimum atomic E-state index is -1.58. The lowest BCUT2D eigenvalue weighted by Gasteiger charge is -2.13. The highest BCUT2D eigenvalue weighted by atomic mass is 19.2. The second-order valence-corrected chi connectivity index (χ2v) is 3.89. The molecule has 0 heterocycles. The number of nitrogens with one attached hydrogen (secondary N) is 2. The Morgan fingerprint density at radius 2 is 1.85 bits per heavy atom. The van der Waals surface area contributed by atoms with Crippen LogP contribution in [-0.4, -0.2) is 25.7 Å². The molecule has 112 valence electrons. The molecule has 0 amide bonds. The Kier molecular flexibility index (Phi) is 5.71. The van der Waals surface area contributed by atoms with Crippen LogP contribution in [0.1, 0.15) is 6.92 Å². The number of guanidine groups is 1. The summed E-state index contributed by atoms with van der Waals surface area (Å²) < 4.78 is 57.7. The van der Waals surface area contributed by atoms with Gasteiger partial charge in [-0.1, -0.05) is 0 Å². The van der Waals surface area contributed by atoms with Crippen LogP contribution in [0.2, 0.25) is 0 Å². The molecular weight excluding hydrogens is 280 g/mol. The van der Waals surface area contributed by atoms with Gasteiger partial charge in [-0.25, -0.2) is 28.4 Å². The summed E-state index contributed by atoms with van der Waals surface area (Å²) in [5.74, 6) is -1.37. The molecule has 0 aliphatic heterocycles. The number of aliphatic imine (C=N–C) groups is 1. The van der Waals surface area contributed by atoms with Gasteiger partial charge in [-0.15, -0.1) is 0 Å². The smallest absolute Gasteiger partial charge is 0.210 e. The third-order valence-electron chi connectivity index (χ3n) is 2.25. The fraction of sp³-hybridized carbons (Fsp3) is 0.364. The summed E-state index contributed by atoms with van der Waals surface area (Å²) in [7, 11) is 1.44. The quantitative estimate of drug-likeness (QED) is 0.197. The number of anilines is 1. The molecule has 20 heavy (non-hydrogen) atoms. The predicted octanol–water partition coefficient (Wildman–Crippen LogP) is 1.51. The summed E-state index contributed by atoms with van der Waals surface area (Å²) in [5.41, 5.74) is 1.01. The standard InChI is InChI=1S/C11H14F4N4O/c1-5(4-20-2)17-11(19-16)18-10-8(14)6(12)3-7(13)9(10)15/h3,5H,4,16H2,1-2H3,(H2,17,18,19). The molecule has 0 spiro atoms. The Morgan fingerprint density at radius 3 is 2.30 bits per heavy atom. The van der Waals surface area contributed by atoms with E-state index in [1.165, 1.54) is 7.11 Å². The molecule has 0 saturated heterocycles. The van der Waals surface area contributed by atoms with Gasteiger partial charge in [0.1, 0.15) is 5.69 Å². The van der Waals surface area contributed by atoms with Crippen molar-refractivity contribution in [1.82, 2.24) is 5.43 Å². The van der Waals surface area contributed by atoms with Gasteiger partial charge in [-0.05, 0) is 6.92 Å². The third kappa shape index (κ3) is 3.81. The van der Waals surface area contributed by atoms with Crippen molar-refractivity contribution in [2.24, 2.45) is 10.8 Å². The number of methoxy groups -OCH3 is 1. The zero-order chi connectivity index (χ0) is 15.3. The van der Waals surface area contributed by atoms with E-state index in [1.807, 2.05) is 5.43 Å². The molecular formula is C11H14F4N4O. The first-order valence-electron chi connectivity index (χ1n) is 5.54. The Morgan fingerprint density at radius 1 is 1.30 bits per heavy atom. The van der Waals surface area contributed by atoms with Crippen LogP contribution in [0.25, 0.3) is 0 Å². The zero-order valence-corrected chi connectivity index (χ0v) is 10.8. The third-order valence-corrected chi connectivity index (χ3v) is 2.25. The van der Waals surface area contributed by atoms with E-state index in [0.29, 0.717) is 0 Å². The Labute approximate surface area is 112 Å². The molecule has 1 aromatic rings. The topological polar surface area (TPSA) is 71.7 Å². The summed E-state index contributed by atoms with van der Waals surface area (Å²) in [6, 6.07) is -0.293. The highest BCUT2D eigenvalue weighted by molar-refractivity contribution is 5.93. The first-order chi connectivity index (χ1) is 9.40. The number of halogens is 4. The van der Waals surface area contributed by atoms with Crippen molar-refractivity contribution < 1.29 is 22.3 Å². The molecule has 0 aliphatic carbocycles. The lowest BCUT2D eigenvalue weighted by atomic mass is 10.2. The van der Waals surface area contributed by atoms with Crippen molar-refractivity contribution in [3.05, 3.63) is 29.3 Å². The number of nitrogens with zero attached hydrogens (tertiary/aromatic N) is 1. The van der Waals surface area contributed by atoms with Crippen LogP contribution in [0.4, 0.5) is 23.2 Å². The number of rotatable bonds is 4. The van der Waals surface area contributed by atoms with Crippen molar-refractivity contribution in [1.29, 1.82) is 0 Å². The van der Waals surface area contributed by atoms with E-state index in [1.54, 1.807) is 6.92 Å². The first kappa shape index (κ1) is 16.2. The first-order valence-corrected chi connectivity index (χ1v) is 5.54. The number of nitrogens with two attached hydrogens (primary N) is 1. The predicted molar refractivity (Wildman–Crippen MR) is 66.0 cm³/mol. The van der Waals surface area contributed by atoms with E-state index in [0.717, 1.165) is 0 Å². The molecule has 0 saturated carbocycles. The maximum atomic E-state index is 13.4. The number of ether oxygens (including phenoxy) is 1. The fourth-order valence-electron chi connectivity index (χ4n) is 1.41. The molecule has 0 radical (unpaired) electrons. The number of hydrogen-bond donors (Lipinski definition) is 3. The summed E-state index contributed by atoms with van der Waals surface area (Å²) >= 11 is 0. The van der Waals surface area contributed by atoms with Crippen molar-refractivity contribution in [2.45, 2.75) is 13.0 Å². The Hall–Kier alpha value is -1.87. The maximum absolute atomic E-state index is 13.4. The van der Waals surface area contributed by atoms with E-state index >= 15 is 0 Å². The van der Waals surface area contributed by atoms with Crippen molar-refractivity contribution >= 4 is 11.6 Å². The summed E-state index contributed by atoms with van der Waals surface area (Å²) in [5, 5.41) is 2.06. The van der Waals surface area contributed by atoms with Crippen molar-refractivity contribution in [3.8, 4) is 0 Å². The summed E-state index contributed by atoms with van der Waals surface area (Å²) in [6.45, 7) is 1.86. The van der Waals surface area contributed by atoms with Gasteiger partial charge in [-0.3, -0.25) is 5.43 Å². The van der Waals surface area contributed by atoms with E-state index in [9.17, 15) is 17.6 Å². The molecule has 0 fully saturated rings. The van der Waals surface area contributed by atoms with Gasteiger partial charge in [0.2, 0.25) is 5.96 Å². The van der Waals surface area contributed by atoms with Crippen LogP contribution in [0, 0.1) is 23.3 Å². The van der Waals surface area contributed by atoms with E-state index < -0.39 is 35.0 Å². The van der Waals surface area contributed by atoms with Crippen LogP contribution < -0.4 is 16.6 Å². The molecule has 1 unspecified atom stereocenters. The van der Waals surface area contributed by atoms with Gasteiger partial charge in [0.15, 0.2) is 23.3 Å². The normalized spacial score (nSPS) is 13.2. The zero-order valence-electron chi connectivity index (χ0n) is 10.8. The largest absolute Gasteiger partial charge is 0.382 e. The van der Waals surface area contributed by atoms with Gasteiger partial charge in [-0.2, -0.15) is 0 Å². The van der Waals surface area contributed by atoms with Crippen molar-refractivity contribution in [3.63, 3.8) is 0 Å². The van der Waals surface area contributed by atoms with Crippen LogP contribution >= 0.6 is 0 Å². The second-order valence-electron chi connectivity index (χ2n) is 3.89. The second kappa shape index (κ2) is 7.06. The summed E-state index contributed by atoms with van der Waals surface area (Å²) in [6.07, 6.45) is 0. The minimum absolute atomic E-state index is 0.107. The molecule has 9 heteroatoms. The van der Waals surface area contributed by atoms with Crippen LogP contribution in [0.3, 0.4) is 0 Å².